The molecule has 2 rings (SSSR count). The molecule has 7 heteroatoms. The molecule has 2 aliphatic rings. The molecule has 22 heavy (non-hydrogen) atoms. The molecule has 7 nitrogen and oxygen atoms in total. The summed E-state index contributed by atoms with van der Waals surface area (Å²) >= 11 is 0. The minimum absolute atomic E-state index is 0.202. The molecule has 1 heterocycles. The van der Waals surface area contributed by atoms with Crippen molar-refractivity contribution in [1.29, 1.82) is 0 Å². The zero-order valence-electron chi connectivity index (χ0n) is 13.9. The van der Waals surface area contributed by atoms with Gasteiger partial charge in [0.15, 0.2) is 5.79 Å². The van der Waals surface area contributed by atoms with Gasteiger partial charge < -0.3 is 29.4 Å². The zero-order chi connectivity index (χ0) is 16.5. The van der Waals surface area contributed by atoms with Gasteiger partial charge in [-0.1, -0.05) is 0 Å². The number of carboxylic acid groups (broad SMARTS) is 1. The predicted molar refractivity (Wildman–Crippen MR) is 78.8 cm³/mol. The highest BCUT2D eigenvalue weighted by Crippen LogP contribution is 2.39. The molecule has 1 amide bonds. The Bertz CT molecular complexity index is 405. The van der Waals surface area contributed by atoms with E-state index in [0.717, 1.165) is 0 Å². The van der Waals surface area contributed by atoms with Gasteiger partial charge in [-0.25, -0.2) is 4.79 Å². The predicted octanol–water partition coefficient (Wildman–Crippen LogP) is 1.75. The molecular formula is C15H27NO6. The Hall–Kier alpha value is -0.890. The van der Waals surface area contributed by atoms with E-state index in [9.17, 15) is 4.79 Å². The standard InChI is InChI=1S/C15H27NO6/c1-14(2,3)20-7-6-19-10-8-9(16-13(17)18)11-12(10)22-15(4,5)21-11/h9-12,16H,6-8H2,1-5H3,(H,17,18)/t9-,10+,11+,12-/m1/s1. The number of amides is 1. The van der Waals surface area contributed by atoms with Gasteiger partial charge in [0.2, 0.25) is 0 Å². The Morgan fingerprint density at radius 1 is 1.27 bits per heavy atom. The molecule has 0 unspecified atom stereocenters. The minimum atomic E-state index is -1.06. The summed E-state index contributed by atoms with van der Waals surface area (Å²) in [4.78, 5) is 10.9. The normalized spacial score (nSPS) is 33.7. The van der Waals surface area contributed by atoms with E-state index in [-0.39, 0.29) is 30.0 Å². The van der Waals surface area contributed by atoms with E-state index in [1.54, 1.807) is 0 Å². The third kappa shape index (κ3) is 4.55. The van der Waals surface area contributed by atoms with Gasteiger partial charge in [-0.2, -0.15) is 0 Å². The van der Waals surface area contributed by atoms with E-state index in [4.69, 9.17) is 24.1 Å². The molecule has 128 valence electrons. The van der Waals surface area contributed by atoms with Crippen molar-refractivity contribution in [3.63, 3.8) is 0 Å². The van der Waals surface area contributed by atoms with Crippen LogP contribution in [0.25, 0.3) is 0 Å². The van der Waals surface area contributed by atoms with E-state index in [1.807, 2.05) is 34.6 Å². The lowest BCUT2D eigenvalue weighted by Gasteiger charge is -2.24. The van der Waals surface area contributed by atoms with Crippen LogP contribution in [0.5, 0.6) is 0 Å². The second-order valence-electron chi connectivity index (χ2n) is 7.23. The number of ether oxygens (including phenoxy) is 4. The Morgan fingerprint density at radius 2 is 1.91 bits per heavy atom. The van der Waals surface area contributed by atoms with Crippen molar-refractivity contribution in [1.82, 2.24) is 5.32 Å². The van der Waals surface area contributed by atoms with Crippen molar-refractivity contribution in [2.75, 3.05) is 13.2 Å². The lowest BCUT2D eigenvalue weighted by molar-refractivity contribution is -0.170. The van der Waals surface area contributed by atoms with Gasteiger partial charge >= 0.3 is 6.09 Å². The van der Waals surface area contributed by atoms with Crippen LogP contribution in [0.15, 0.2) is 0 Å². The Labute approximate surface area is 131 Å². The van der Waals surface area contributed by atoms with Crippen molar-refractivity contribution in [2.24, 2.45) is 0 Å². The zero-order valence-corrected chi connectivity index (χ0v) is 13.9. The Kier molecular flexibility index (Phi) is 5.01. The van der Waals surface area contributed by atoms with Crippen LogP contribution in [-0.4, -0.2) is 60.2 Å². The van der Waals surface area contributed by atoms with Crippen molar-refractivity contribution < 1.29 is 28.8 Å². The van der Waals surface area contributed by atoms with Crippen LogP contribution in [0.4, 0.5) is 4.79 Å². The first-order chi connectivity index (χ1) is 10.1. The lowest BCUT2D eigenvalue weighted by Crippen LogP contribution is -2.42. The maximum Gasteiger partial charge on any atom is 0.404 e. The molecule has 0 spiro atoms. The van der Waals surface area contributed by atoms with Gasteiger partial charge in [-0.05, 0) is 41.0 Å². The highest BCUT2D eigenvalue weighted by Gasteiger charge is 2.55. The molecule has 1 saturated heterocycles. The molecule has 1 saturated carbocycles. The second-order valence-corrected chi connectivity index (χ2v) is 7.23. The maximum atomic E-state index is 10.9. The lowest BCUT2D eigenvalue weighted by atomic mass is 10.2. The molecule has 2 N–H and O–H groups in total. The van der Waals surface area contributed by atoms with E-state index < -0.39 is 11.9 Å². The van der Waals surface area contributed by atoms with Gasteiger partial charge in [0.25, 0.3) is 0 Å². The van der Waals surface area contributed by atoms with Crippen LogP contribution in [0.3, 0.4) is 0 Å². The van der Waals surface area contributed by atoms with Crippen LogP contribution in [0, 0.1) is 0 Å². The van der Waals surface area contributed by atoms with E-state index in [0.29, 0.717) is 19.6 Å². The highest BCUT2D eigenvalue weighted by molar-refractivity contribution is 5.65. The summed E-state index contributed by atoms with van der Waals surface area (Å²) in [5.41, 5.74) is -0.204. The number of rotatable bonds is 5. The fourth-order valence-electron chi connectivity index (χ4n) is 2.94. The van der Waals surface area contributed by atoms with Gasteiger partial charge in [0.1, 0.15) is 12.2 Å². The summed E-state index contributed by atoms with van der Waals surface area (Å²) in [5, 5.41) is 11.4. The second kappa shape index (κ2) is 6.31. The van der Waals surface area contributed by atoms with Crippen molar-refractivity contribution in [2.45, 2.75) is 76.8 Å². The number of nitrogens with one attached hydrogen (secondary N) is 1. The number of fused-ring (bicyclic) bond motifs is 1. The molecule has 0 aromatic carbocycles. The summed E-state index contributed by atoms with van der Waals surface area (Å²) in [5.74, 6) is -0.724. The molecule has 1 aliphatic heterocycles. The molecule has 1 aliphatic carbocycles. The molecule has 0 aromatic heterocycles. The average Bonchev–Trinajstić information content (AvgIpc) is 2.79. The van der Waals surface area contributed by atoms with Gasteiger partial charge in [-0.3, -0.25) is 0 Å². The van der Waals surface area contributed by atoms with Crippen LogP contribution < -0.4 is 5.32 Å². The van der Waals surface area contributed by atoms with E-state index >= 15 is 0 Å². The smallest absolute Gasteiger partial charge is 0.404 e. The highest BCUT2D eigenvalue weighted by atomic mass is 16.8. The minimum Gasteiger partial charge on any atom is -0.465 e. The fraction of sp³-hybridized carbons (Fsp3) is 0.933. The van der Waals surface area contributed by atoms with Crippen LogP contribution in [0.2, 0.25) is 0 Å². The largest absolute Gasteiger partial charge is 0.465 e. The Morgan fingerprint density at radius 3 is 2.50 bits per heavy atom. The topological polar surface area (TPSA) is 86.3 Å². The first-order valence-electron chi connectivity index (χ1n) is 7.68. The SMILES string of the molecule is CC(C)(C)OCCO[C@H]1C[C@@H](NC(=O)O)[C@@H]2OC(C)(C)O[C@@H]21. The number of hydrogen-bond acceptors (Lipinski definition) is 5. The number of carbonyl (C=O) groups is 1. The van der Waals surface area contributed by atoms with Gasteiger partial charge in [0, 0.05) is 0 Å². The van der Waals surface area contributed by atoms with Gasteiger partial charge in [0.05, 0.1) is 31.0 Å². The molecule has 2 fully saturated rings. The Balaban J connectivity index is 1.89. The van der Waals surface area contributed by atoms with Crippen molar-refractivity contribution in [3.8, 4) is 0 Å². The molecule has 0 radical (unpaired) electrons. The molecular weight excluding hydrogens is 290 g/mol. The molecule has 0 bridgehead atoms. The molecule has 0 aromatic rings. The third-order valence-electron chi connectivity index (χ3n) is 3.67. The number of hydrogen-bond donors (Lipinski definition) is 2. The van der Waals surface area contributed by atoms with Crippen molar-refractivity contribution >= 4 is 6.09 Å². The average molecular weight is 317 g/mol. The van der Waals surface area contributed by atoms with Crippen LogP contribution >= 0.6 is 0 Å². The summed E-state index contributed by atoms with van der Waals surface area (Å²) in [6.07, 6.45) is -1.31. The summed E-state index contributed by atoms with van der Waals surface area (Å²) in [6, 6.07) is -0.321. The summed E-state index contributed by atoms with van der Waals surface area (Å²) in [7, 11) is 0. The third-order valence-corrected chi connectivity index (χ3v) is 3.67. The van der Waals surface area contributed by atoms with Crippen molar-refractivity contribution in [3.05, 3.63) is 0 Å². The fourth-order valence-corrected chi connectivity index (χ4v) is 2.94. The maximum absolute atomic E-state index is 10.9. The quantitative estimate of drug-likeness (QED) is 0.751. The van der Waals surface area contributed by atoms with Crippen LogP contribution in [-0.2, 0) is 18.9 Å². The molecule has 4 atom stereocenters. The van der Waals surface area contributed by atoms with E-state index in [2.05, 4.69) is 5.32 Å². The summed E-state index contributed by atoms with van der Waals surface area (Å²) < 4.78 is 23.2. The first kappa shape index (κ1) is 17.5. The first-order valence-corrected chi connectivity index (χ1v) is 7.68. The monoisotopic (exact) mass is 317 g/mol. The van der Waals surface area contributed by atoms with E-state index in [1.165, 1.54) is 0 Å². The summed E-state index contributed by atoms with van der Waals surface area (Å²) in [6.45, 7) is 10.5. The van der Waals surface area contributed by atoms with Crippen LogP contribution in [0.1, 0.15) is 41.0 Å². The van der Waals surface area contributed by atoms with Gasteiger partial charge in [-0.15, -0.1) is 0 Å².